The summed E-state index contributed by atoms with van der Waals surface area (Å²) in [6.07, 6.45) is 8.22. The normalized spacial score (nSPS) is 10.4. The standard InChI is InChI=1S/C12H24O2/c1-3-5-6-7-8-10-14-12-11-13-9-4-2/h4H,2-3,5-12H2,1H3. The van der Waals surface area contributed by atoms with Crippen LogP contribution >= 0.6 is 0 Å². The summed E-state index contributed by atoms with van der Waals surface area (Å²) >= 11 is 0. The second-order valence-electron chi connectivity index (χ2n) is 3.39. The summed E-state index contributed by atoms with van der Waals surface area (Å²) in [5.41, 5.74) is 0. The monoisotopic (exact) mass is 200 g/mol. The van der Waals surface area contributed by atoms with Crippen LogP contribution in [0, 0.1) is 0 Å². The van der Waals surface area contributed by atoms with Crippen LogP contribution in [0.5, 0.6) is 0 Å². The zero-order chi connectivity index (χ0) is 10.5. The quantitative estimate of drug-likeness (QED) is 0.377. The van der Waals surface area contributed by atoms with Gasteiger partial charge in [0.25, 0.3) is 0 Å². The van der Waals surface area contributed by atoms with Crippen LogP contribution in [-0.2, 0) is 9.47 Å². The predicted octanol–water partition coefficient (Wildman–Crippen LogP) is 3.18. The van der Waals surface area contributed by atoms with Gasteiger partial charge in [-0.25, -0.2) is 0 Å². The van der Waals surface area contributed by atoms with Gasteiger partial charge in [0, 0.05) is 6.61 Å². The molecule has 0 amide bonds. The van der Waals surface area contributed by atoms with Crippen LogP contribution in [0.2, 0.25) is 0 Å². The average Bonchev–Trinajstić information content (AvgIpc) is 2.21. The highest BCUT2D eigenvalue weighted by molar-refractivity contribution is 4.63. The zero-order valence-electron chi connectivity index (χ0n) is 9.46. The van der Waals surface area contributed by atoms with Gasteiger partial charge in [0.05, 0.1) is 19.8 Å². The number of hydrogen-bond acceptors (Lipinski definition) is 2. The van der Waals surface area contributed by atoms with E-state index in [1.807, 2.05) is 0 Å². The molecule has 0 atom stereocenters. The largest absolute Gasteiger partial charge is 0.379 e. The number of ether oxygens (including phenoxy) is 2. The van der Waals surface area contributed by atoms with Gasteiger partial charge in [0.2, 0.25) is 0 Å². The second-order valence-corrected chi connectivity index (χ2v) is 3.39. The lowest BCUT2D eigenvalue weighted by atomic mass is 10.2. The van der Waals surface area contributed by atoms with Crippen LogP contribution in [0.4, 0.5) is 0 Å². The molecular formula is C12H24O2. The summed E-state index contributed by atoms with van der Waals surface area (Å²) in [7, 11) is 0. The summed E-state index contributed by atoms with van der Waals surface area (Å²) in [6, 6.07) is 0. The van der Waals surface area contributed by atoms with Crippen LogP contribution in [0.15, 0.2) is 12.7 Å². The van der Waals surface area contributed by atoms with Gasteiger partial charge in [0.15, 0.2) is 0 Å². The van der Waals surface area contributed by atoms with E-state index in [2.05, 4.69) is 13.5 Å². The summed E-state index contributed by atoms with van der Waals surface area (Å²) in [5, 5.41) is 0. The Balaban J connectivity index is 2.81. The molecule has 0 aromatic carbocycles. The van der Waals surface area contributed by atoms with E-state index in [1.165, 1.54) is 32.1 Å². The maximum atomic E-state index is 5.40. The Hall–Kier alpha value is -0.340. The van der Waals surface area contributed by atoms with Crippen LogP contribution < -0.4 is 0 Å². The third-order valence-corrected chi connectivity index (χ3v) is 2.00. The molecule has 2 nitrogen and oxygen atoms in total. The Kier molecular flexibility index (Phi) is 12.4. The van der Waals surface area contributed by atoms with E-state index in [0.29, 0.717) is 19.8 Å². The Morgan fingerprint density at radius 3 is 2.36 bits per heavy atom. The molecule has 0 aliphatic carbocycles. The zero-order valence-corrected chi connectivity index (χ0v) is 9.46. The molecule has 0 aliphatic rings. The molecule has 0 aromatic heterocycles. The Bertz CT molecular complexity index is 113. The Morgan fingerprint density at radius 1 is 0.929 bits per heavy atom. The van der Waals surface area contributed by atoms with Gasteiger partial charge in [-0.2, -0.15) is 0 Å². The van der Waals surface area contributed by atoms with Gasteiger partial charge in [-0.15, -0.1) is 6.58 Å². The maximum Gasteiger partial charge on any atom is 0.0704 e. The van der Waals surface area contributed by atoms with Crippen molar-refractivity contribution in [1.29, 1.82) is 0 Å². The summed E-state index contributed by atoms with van der Waals surface area (Å²) in [5.74, 6) is 0. The van der Waals surface area contributed by atoms with Gasteiger partial charge in [0.1, 0.15) is 0 Å². The molecule has 0 spiro atoms. The minimum Gasteiger partial charge on any atom is -0.379 e. The van der Waals surface area contributed by atoms with Crippen LogP contribution in [0.25, 0.3) is 0 Å². The van der Waals surface area contributed by atoms with E-state index in [0.717, 1.165) is 6.61 Å². The molecule has 0 bridgehead atoms. The molecule has 0 saturated heterocycles. The third-order valence-electron chi connectivity index (χ3n) is 2.00. The van der Waals surface area contributed by atoms with Crippen molar-refractivity contribution in [2.45, 2.75) is 39.0 Å². The van der Waals surface area contributed by atoms with Crippen molar-refractivity contribution < 1.29 is 9.47 Å². The summed E-state index contributed by atoms with van der Waals surface area (Å²) in [6.45, 7) is 8.69. The van der Waals surface area contributed by atoms with Crippen LogP contribution in [-0.4, -0.2) is 26.4 Å². The first-order valence-electron chi connectivity index (χ1n) is 5.68. The average molecular weight is 200 g/mol. The highest BCUT2D eigenvalue weighted by Crippen LogP contribution is 2.01. The molecule has 0 aromatic rings. The third kappa shape index (κ3) is 11.7. The van der Waals surface area contributed by atoms with Crippen LogP contribution in [0.1, 0.15) is 39.0 Å². The topological polar surface area (TPSA) is 18.5 Å². The van der Waals surface area contributed by atoms with Crippen molar-refractivity contribution in [3.63, 3.8) is 0 Å². The van der Waals surface area contributed by atoms with Gasteiger partial charge >= 0.3 is 0 Å². The first kappa shape index (κ1) is 13.7. The Morgan fingerprint density at radius 2 is 1.64 bits per heavy atom. The second kappa shape index (κ2) is 12.7. The molecule has 0 radical (unpaired) electrons. The minimum absolute atomic E-state index is 0.625. The number of hydrogen-bond donors (Lipinski definition) is 0. The molecule has 0 N–H and O–H groups in total. The Labute approximate surface area is 88.3 Å². The molecule has 0 saturated carbocycles. The van der Waals surface area contributed by atoms with E-state index in [9.17, 15) is 0 Å². The van der Waals surface area contributed by atoms with E-state index in [1.54, 1.807) is 6.08 Å². The van der Waals surface area contributed by atoms with Gasteiger partial charge < -0.3 is 9.47 Å². The summed E-state index contributed by atoms with van der Waals surface area (Å²) in [4.78, 5) is 0. The lowest BCUT2D eigenvalue weighted by molar-refractivity contribution is 0.0567. The van der Waals surface area contributed by atoms with E-state index in [-0.39, 0.29) is 0 Å². The first-order valence-corrected chi connectivity index (χ1v) is 5.68. The fourth-order valence-electron chi connectivity index (χ4n) is 1.19. The van der Waals surface area contributed by atoms with Crippen LogP contribution in [0.3, 0.4) is 0 Å². The van der Waals surface area contributed by atoms with Gasteiger partial charge in [-0.05, 0) is 6.42 Å². The molecule has 0 unspecified atom stereocenters. The van der Waals surface area contributed by atoms with E-state index >= 15 is 0 Å². The first-order chi connectivity index (χ1) is 6.91. The lowest BCUT2D eigenvalue weighted by Gasteiger charge is -2.04. The molecule has 14 heavy (non-hydrogen) atoms. The molecule has 0 fully saturated rings. The summed E-state index contributed by atoms with van der Waals surface area (Å²) < 4.78 is 10.6. The molecule has 2 heteroatoms. The minimum atomic E-state index is 0.625. The molecule has 0 aliphatic heterocycles. The van der Waals surface area contributed by atoms with Crippen molar-refractivity contribution in [3.05, 3.63) is 12.7 Å². The molecule has 0 rings (SSSR count). The highest BCUT2D eigenvalue weighted by Gasteiger charge is 1.90. The van der Waals surface area contributed by atoms with Crippen molar-refractivity contribution >= 4 is 0 Å². The maximum absolute atomic E-state index is 5.40. The fraction of sp³-hybridized carbons (Fsp3) is 0.833. The lowest BCUT2D eigenvalue weighted by Crippen LogP contribution is -2.05. The van der Waals surface area contributed by atoms with Crippen molar-refractivity contribution in [2.75, 3.05) is 26.4 Å². The highest BCUT2D eigenvalue weighted by atomic mass is 16.5. The number of rotatable bonds is 11. The smallest absolute Gasteiger partial charge is 0.0704 e. The van der Waals surface area contributed by atoms with Gasteiger partial charge in [-0.1, -0.05) is 38.7 Å². The molecular weight excluding hydrogens is 176 g/mol. The van der Waals surface area contributed by atoms with Crippen molar-refractivity contribution in [2.24, 2.45) is 0 Å². The molecule has 0 heterocycles. The molecule has 84 valence electrons. The van der Waals surface area contributed by atoms with E-state index < -0.39 is 0 Å². The van der Waals surface area contributed by atoms with Crippen molar-refractivity contribution in [3.8, 4) is 0 Å². The fourth-order valence-corrected chi connectivity index (χ4v) is 1.19. The number of unbranched alkanes of at least 4 members (excludes halogenated alkanes) is 4. The van der Waals surface area contributed by atoms with E-state index in [4.69, 9.17) is 9.47 Å². The SMILES string of the molecule is C=CCOCCOCCCCCCC. The van der Waals surface area contributed by atoms with Crippen molar-refractivity contribution in [1.82, 2.24) is 0 Å². The predicted molar refractivity (Wildman–Crippen MR) is 60.6 cm³/mol. The van der Waals surface area contributed by atoms with Gasteiger partial charge in [-0.3, -0.25) is 0 Å².